The van der Waals surface area contributed by atoms with E-state index in [0.717, 1.165) is 78.3 Å². The number of hydrogen-bond acceptors (Lipinski definition) is 7. The molecule has 1 fully saturated rings. The van der Waals surface area contributed by atoms with E-state index >= 15 is 0 Å². The number of nitrogens with one attached hydrogen (secondary N) is 1. The van der Waals surface area contributed by atoms with E-state index in [4.69, 9.17) is 26.3 Å². The van der Waals surface area contributed by atoms with Crippen molar-refractivity contribution >= 4 is 33.9 Å². The first kappa shape index (κ1) is 24.1. The number of methoxy groups -OCH3 is 1. The molecule has 3 aromatic rings. The molecule has 2 N–H and O–H groups in total. The lowest BCUT2D eigenvalue weighted by molar-refractivity contribution is 0.263. The third kappa shape index (κ3) is 4.90. The molecule has 35 heavy (non-hydrogen) atoms. The number of fused-ring (bicyclic) bond motifs is 2. The van der Waals surface area contributed by atoms with Crippen LogP contribution in [0.2, 0.25) is 5.02 Å². The summed E-state index contributed by atoms with van der Waals surface area (Å²) < 4.78 is 5.55. The third-order valence-electron chi connectivity index (χ3n) is 7.23. The summed E-state index contributed by atoms with van der Waals surface area (Å²) in [5.41, 5.74) is 3.36. The number of benzene rings is 2. The van der Waals surface area contributed by atoms with Crippen molar-refractivity contribution in [3.8, 4) is 6.01 Å². The Kier molecular flexibility index (Phi) is 7.27. The lowest BCUT2D eigenvalue weighted by Crippen LogP contribution is -2.57. The molecule has 2 atom stereocenters. The van der Waals surface area contributed by atoms with Gasteiger partial charge in [0, 0.05) is 55.0 Å². The second kappa shape index (κ2) is 10.6. The number of anilines is 2. The Morgan fingerprint density at radius 2 is 1.91 bits per heavy atom. The summed E-state index contributed by atoms with van der Waals surface area (Å²) in [6, 6.07) is 13.5. The van der Waals surface area contributed by atoms with Crippen molar-refractivity contribution in [3.05, 3.63) is 52.7 Å². The first-order valence-corrected chi connectivity index (χ1v) is 13.0. The average Bonchev–Trinajstić information content (AvgIpc) is 2.90. The van der Waals surface area contributed by atoms with Crippen LogP contribution in [0.3, 0.4) is 0 Å². The zero-order valence-corrected chi connectivity index (χ0v) is 21.3. The largest absolute Gasteiger partial charge is 0.467 e. The molecule has 1 saturated heterocycles. The Bertz CT molecular complexity index is 1180. The summed E-state index contributed by atoms with van der Waals surface area (Å²) in [4.78, 5) is 14.4. The van der Waals surface area contributed by atoms with Crippen molar-refractivity contribution in [1.82, 2.24) is 15.3 Å². The second-order valence-electron chi connectivity index (χ2n) is 9.49. The normalized spacial score (nSPS) is 20.2. The molecule has 5 rings (SSSR count). The lowest BCUT2D eigenvalue weighted by Gasteiger charge is -2.41. The van der Waals surface area contributed by atoms with Gasteiger partial charge in [-0.3, -0.25) is 0 Å². The van der Waals surface area contributed by atoms with E-state index < -0.39 is 0 Å². The van der Waals surface area contributed by atoms with Gasteiger partial charge in [0.15, 0.2) is 0 Å². The molecular weight excluding hydrogens is 462 g/mol. The Morgan fingerprint density at radius 1 is 1.11 bits per heavy atom. The first-order chi connectivity index (χ1) is 17.1. The lowest BCUT2D eigenvalue weighted by atomic mass is 9.99. The highest BCUT2D eigenvalue weighted by Crippen LogP contribution is 2.37. The van der Waals surface area contributed by atoms with Crippen molar-refractivity contribution in [2.45, 2.75) is 51.2 Å². The highest BCUT2D eigenvalue weighted by Gasteiger charge is 2.31. The van der Waals surface area contributed by atoms with E-state index in [1.165, 1.54) is 5.56 Å². The smallest absolute Gasteiger partial charge is 0.318 e. The molecule has 1 aromatic heterocycles. The number of ether oxygens (including phenoxy) is 1. The maximum Gasteiger partial charge on any atom is 0.318 e. The van der Waals surface area contributed by atoms with Gasteiger partial charge in [0.25, 0.3) is 0 Å². The highest BCUT2D eigenvalue weighted by atomic mass is 35.5. The fraction of sp³-hybridized carbons (Fsp3) is 0.481. The van der Waals surface area contributed by atoms with Crippen LogP contribution < -0.4 is 19.9 Å². The Morgan fingerprint density at radius 3 is 2.69 bits per heavy atom. The highest BCUT2D eigenvalue weighted by molar-refractivity contribution is 6.36. The quantitative estimate of drug-likeness (QED) is 0.509. The van der Waals surface area contributed by atoms with Crippen LogP contribution in [0.4, 0.5) is 11.5 Å². The van der Waals surface area contributed by atoms with Crippen LogP contribution in [0.25, 0.3) is 10.8 Å². The van der Waals surface area contributed by atoms with Gasteiger partial charge in [-0.25, -0.2) is 0 Å². The number of aliphatic hydroxyl groups excluding tert-OH is 1. The van der Waals surface area contributed by atoms with Crippen LogP contribution in [0.5, 0.6) is 6.01 Å². The Hall–Kier alpha value is -2.61. The van der Waals surface area contributed by atoms with Gasteiger partial charge in [-0.15, -0.1) is 0 Å². The number of nitrogens with zero attached hydrogens (tertiary/aromatic N) is 4. The van der Waals surface area contributed by atoms with E-state index in [-0.39, 0.29) is 6.61 Å². The minimum Gasteiger partial charge on any atom is -0.467 e. The molecule has 0 saturated carbocycles. The summed E-state index contributed by atoms with van der Waals surface area (Å²) in [6.45, 7) is 5.76. The summed E-state index contributed by atoms with van der Waals surface area (Å²) in [5.74, 6) is 0.997. The number of halogens is 1. The van der Waals surface area contributed by atoms with E-state index in [1.807, 2.05) is 12.1 Å². The monoisotopic (exact) mass is 495 g/mol. The van der Waals surface area contributed by atoms with Crippen molar-refractivity contribution in [2.75, 3.05) is 43.2 Å². The molecule has 0 spiro atoms. The van der Waals surface area contributed by atoms with E-state index in [9.17, 15) is 5.11 Å². The number of rotatable bonds is 7. The molecule has 0 bridgehead atoms. The molecule has 2 aromatic carbocycles. The molecule has 2 aliphatic heterocycles. The van der Waals surface area contributed by atoms with Gasteiger partial charge in [-0.1, -0.05) is 42.8 Å². The van der Waals surface area contributed by atoms with E-state index in [1.54, 1.807) is 7.11 Å². The predicted molar refractivity (Wildman–Crippen MR) is 142 cm³/mol. The van der Waals surface area contributed by atoms with Gasteiger partial charge < -0.3 is 25.0 Å². The molecule has 0 radical (unpaired) electrons. The molecule has 2 aliphatic rings. The zero-order valence-electron chi connectivity index (χ0n) is 20.5. The zero-order chi connectivity index (χ0) is 24.4. The van der Waals surface area contributed by atoms with E-state index in [2.05, 4.69) is 46.3 Å². The summed E-state index contributed by atoms with van der Waals surface area (Å²) in [5, 5.41) is 16.1. The molecule has 7 nitrogen and oxygen atoms in total. The van der Waals surface area contributed by atoms with Crippen LogP contribution in [-0.4, -0.2) is 60.5 Å². The molecule has 186 valence electrons. The van der Waals surface area contributed by atoms with Crippen molar-refractivity contribution in [1.29, 1.82) is 0 Å². The fourth-order valence-electron chi connectivity index (χ4n) is 5.46. The van der Waals surface area contributed by atoms with Crippen LogP contribution in [-0.2, 0) is 13.0 Å². The molecule has 3 heterocycles. The van der Waals surface area contributed by atoms with Gasteiger partial charge in [0.05, 0.1) is 24.4 Å². The van der Waals surface area contributed by atoms with Crippen LogP contribution in [0.1, 0.15) is 37.4 Å². The van der Waals surface area contributed by atoms with E-state index in [0.29, 0.717) is 24.6 Å². The standard InChI is InChI=1S/C27H34ClN5O2/c1-3-19-15-33(16-20(29-19)9-6-14-34)26-21-12-13-32(17-23(21)30-27(31-26)35-2)24-11-5-8-18-7-4-10-22(28)25(18)24/h4-5,7-8,10-11,19-20,29,34H,3,6,9,12-17H2,1-2H3/t19-,20+/m1/s1. The second-order valence-corrected chi connectivity index (χ2v) is 9.89. The third-order valence-corrected chi connectivity index (χ3v) is 7.55. The van der Waals surface area contributed by atoms with Crippen molar-refractivity contribution in [3.63, 3.8) is 0 Å². The van der Waals surface area contributed by atoms with Crippen LogP contribution >= 0.6 is 11.6 Å². The van der Waals surface area contributed by atoms with Gasteiger partial charge in [-0.2, -0.15) is 9.97 Å². The van der Waals surface area contributed by atoms with Gasteiger partial charge in [-0.05, 0) is 43.2 Å². The molecule has 0 unspecified atom stereocenters. The molecular formula is C27H34ClN5O2. The number of aliphatic hydroxyl groups is 1. The summed E-state index contributed by atoms with van der Waals surface area (Å²) in [6.07, 6.45) is 3.66. The number of piperazine rings is 1. The number of aromatic nitrogens is 2. The van der Waals surface area contributed by atoms with Gasteiger partial charge in [0.1, 0.15) is 5.82 Å². The average molecular weight is 496 g/mol. The van der Waals surface area contributed by atoms with Crippen molar-refractivity contribution < 1.29 is 9.84 Å². The molecule has 0 amide bonds. The summed E-state index contributed by atoms with van der Waals surface area (Å²) >= 11 is 6.63. The van der Waals surface area contributed by atoms with Crippen LogP contribution in [0.15, 0.2) is 36.4 Å². The first-order valence-electron chi connectivity index (χ1n) is 12.6. The van der Waals surface area contributed by atoms with Crippen molar-refractivity contribution in [2.24, 2.45) is 0 Å². The Labute approximate surface area is 212 Å². The summed E-state index contributed by atoms with van der Waals surface area (Å²) in [7, 11) is 1.63. The van der Waals surface area contributed by atoms with Crippen LogP contribution in [0, 0.1) is 0 Å². The SMILES string of the molecule is CC[C@@H]1CN(c2nc(OC)nc3c2CCN(c2cccc4cccc(Cl)c24)C3)C[C@H](CCCO)N1. The molecule has 8 heteroatoms. The maximum atomic E-state index is 9.34. The minimum atomic E-state index is 0.222. The minimum absolute atomic E-state index is 0.222. The maximum absolute atomic E-state index is 9.34. The predicted octanol–water partition coefficient (Wildman–Crippen LogP) is 4.18. The van der Waals surface area contributed by atoms with Gasteiger partial charge in [0.2, 0.25) is 0 Å². The molecule has 0 aliphatic carbocycles. The fourth-order valence-corrected chi connectivity index (χ4v) is 5.74. The Balaban J connectivity index is 1.48. The topological polar surface area (TPSA) is 73.8 Å². The van der Waals surface area contributed by atoms with Gasteiger partial charge >= 0.3 is 6.01 Å². The number of hydrogen-bond donors (Lipinski definition) is 2.